The van der Waals surface area contributed by atoms with Gasteiger partial charge in [0.2, 0.25) is 5.88 Å². The van der Waals surface area contributed by atoms with E-state index in [0.29, 0.717) is 25.1 Å². The summed E-state index contributed by atoms with van der Waals surface area (Å²) < 4.78 is 10.4. The van der Waals surface area contributed by atoms with Crippen LogP contribution in [0.15, 0.2) is 18.3 Å². The Kier molecular flexibility index (Phi) is 6.08. The zero-order valence-corrected chi connectivity index (χ0v) is 12.5. The summed E-state index contributed by atoms with van der Waals surface area (Å²) in [5.41, 5.74) is 1.07. The highest BCUT2D eigenvalue weighted by molar-refractivity contribution is 5.43. The van der Waals surface area contributed by atoms with Gasteiger partial charge in [-0.3, -0.25) is 0 Å². The minimum absolute atomic E-state index is 0.533. The number of hydrogen-bond acceptors (Lipinski definition) is 5. The van der Waals surface area contributed by atoms with E-state index in [-0.39, 0.29) is 0 Å². The lowest BCUT2D eigenvalue weighted by molar-refractivity contribution is 0.144. The molecule has 1 aromatic heterocycles. The summed E-state index contributed by atoms with van der Waals surface area (Å²) in [5, 5.41) is 3.57. The molecular formula is C15H25N3O2. The first-order chi connectivity index (χ1) is 9.78. The smallest absolute Gasteiger partial charge is 0.213 e. The fraction of sp³-hybridized carbons (Fsp3) is 0.667. The summed E-state index contributed by atoms with van der Waals surface area (Å²) in [7, 11) is 3.85. The van der Waals surface area contributed by atoms with Gasteiger partial charge in [-0.1, -0.05) is 0 Å². The van der Waals surface area contributed by atoms with Crippen LogP contribution in [-0.4, -0.2) is 56.4 Å². The average Bonchev–Trinajstić information content (AvgIpc) is 2.66. The third-order valence-corrected chi connectivity index (χ3v) is 3.60. The SMILES string of the molecule is COCCOc1ccc(NC2CCCN(C)CC2)cn1. The summed E-state index contributed by atoms with van der Waals surface area (Å²) in [4.78, 5) is 6.70. The lowest BCUT2D eigenvalue weighted by Crippen LogP contribution is -2.23. The van der Waals surface area contributed by atoms with Crippen molar-refractivity contribution in [3.05, 3.63) is 18.3 Å². The van der Waals surface area contributed by atoms with Crippen molar-refractivity contribution >= 4 is 5.69 Å². The Bertz CT molecular complexity index is 383. The van der Waals surface area contributed by atoms with Crippen molar-refractivity contribution in [2.45, 2.75) is 25.3 Å². The fourth-order valence-electron chi connectivity index (χ4n) is 2.40. The van der Waals surface area contributed by atoms with Crippen LogP contribution in [0.3, 0.4) is 0 Å². The van der Waals surface area contributed by atoms with Crippen molar-refractivity contribution in [3.8, 4) is 5.88 Å². The molecule has 0 aliphatic carbocycles. The van der Waals surface area contributed by atoms with Crippen LogP contribution in [0.1, 0.15) is 19.3 Å². The zero-order valence-electron chi connectivity index (χ0n) is 12.5. The molecule has 5 nitrogen and oxygen atoms in total. The molecule has 112 valence electrons. The number of hydrogen-bond donors (Lipinski definition) is 1. The Morgan fingerprint density at radius 2 is 2.20 bits per heavy atom. The van der Waals surface area contributed by atoms with Crippen LogP contribution >= 0.6 is 0 Å². The lowest BCUT2D eigenvalue weighted by atomic mass is 10.1. The van der Waals surface area contributed by atoms with Crippen LogP contribution < -0.4 is 10.1 Å². The van der Waals surface area contributed by atoms with E-state index in [0.717, 1.165) is 12.2 Å². The summed E-state index contributed by atoms with van der Waals surface area (Å²) in [6, 6.07) is 4.48. The van der Waals surface area contributed by atoms with Crippen LogP contribution in [0.4, 0.5) is 5.69 Å². The monoisotopic (exact) mass is 279 g/mol. The zero-order chi connectivity index (χ0) is 14.2. The maximum Gasteiger partial charge on any atom is 0.213 e. The Morgan fingerprint density at radius 1 is 1.30 bits per heavy atom. The van der Waals surface area contributed by atoms with E-state index in [2.05, 4.69) is 22.2 Å². The first-order valence-electron chi connectivity index (χ1n) is 7.31. The first kappa shape index (κ1) is 15.1. The predicted octanol–water partition coefficient (Wildman–Crippen LogP) is 2.00. The van der Waals surface area contributed by atoms with Gasteiger partial charge in [0.25, 0.3) is 0 Å². The Balaban J connectivity index is 1.80. The van der Waals surface area contributed by atoms with E-state index in [1.54, 1.807) is 7.11 Å². The number of aromatic nitrogens is 1. The molecule has 1 fully saturated rings. The third kappa shape index (κ3) is 4.98. The number of ether oxygens (including phenoxy) is 2. The number of pyridine rings is 1. The van der Waals surface area contributed by atoms with Gasteiger partial charge in [0.1, 0.15) is 6.61 Å². The molecule has 1 N–H and O–H groups in total. The van der Waals surface area contributed by atoms with Gasteiger partial charge in [-0.15, -0.1) is 0 Å². The standard InChI is InChI=1S/C15H25N3O2/c1-18-8-3-4-13(7-9-18)17-14-5-6-15(16-12-14)20-11-10-19-2/h5-6,12-13,17H,3-4,7-11H2,1-2H3. The van der Waals surface area contributed by atoms with Crippen molar-refractivity contribution in [2.75, 3.05) is 45.8 Å². The van der Waals surface area contributed by atoms with Gasteiger partial charge >= 0.3 is 0 Å². The van der Waals surface area contributed by atoms with Crippen molar-refractivity contribution in [1.82, 2.24) is 9.88 Å². The molecule has 2 heterocycles. The topological polar surface area (TPSA) is 46.6 Å². The molecule has 1 aliphatic rings. The van der Waals surface area contributed by atoms with Crippen molar-refractivity contribution in [3.63, 3.8) is 0 Å². The average molecular weight is 279 g/mol. The Labute approximate surface area is 121 Å². The fourth-order valence-corrected chi connectivity index (χ4v) is 2.40. The summed E-state index contributed by atoms with van der Waals surface area (Å²) >= 11 is 0. The van der Waals surface area contributed by atoms with Crippen LogP contribution in [0.2, 0.25) is 0 Å². The van der Waals surface area contributed by atoms with E-state index in [4.69, 9.17) is 9.47 Å². The molecule has 0 radical (unpaired) electrons. The molecule has 1 unspecified atom stereocenters. The largest absolute Gasteiger partial charge is 0.475 e. The van der Waals surface area contributed by atoms with Gasteiger partial charge in [-0.05, 0) is 45.5 Å². The van der Waals surface area contributed by atoms with Crippen molar-refractivity contribution < 1.29 is 9.47 Å². The Hall–Kier alpha value is -1.33. The Morgan fingerprint density at radius 3 is 2.95 bits per heavy atom. The minimum Gasteiger partial charge on any atom is -0.475 e. The van der Waals surface area contributed by atoms with Gasteiger partial charge in [0.15, 0.2) is 0 Å². The molecule has 5 heteroatoms. The molecule has 1 aliphatic heterocycles. The van der Waals surface area contributed by atoms with Gasteiger partial charge < -0.3 is 19.7 Å². The highest BCUT2D eigenvalue weighted by Gasteiger charge is 2.14. The van der Waals surface area contributed by atoms with Crippen LogP contribution in [-0.2, 0) is 4.74 Å². The molecule has 20 heavy (non-hydrogen) atoms. The first-order valence-corrected chi connectivity index (χ1v) is 7.31. The molecule has 0 saturated carbocycles. The highest BCUT2D eigenvalue weighted by atomic mass is 16.5. The number of nitrogens with zero attached hydrogens (tertiary/aromatic N) is 2. The molecule has 1 atom stereocenters. The van der Waals surface area contributed by atoms with Gasteiger partial charge in [0, 0.05) is 19.2 Å². The molecule has 0 amide bonds. The second kappa shape index (κ2) is 8.07. The van der Waals surface area contributed by atoms with Gasteiger partial charge in [-0.2, -0.15) is 0 Å². The molecule has 0 aromatic carbocycles. The second-order valence-electron chi connectivity index (χ2n) is 5.30. The normalized spacial score (nSPS) is 20.4. The summed E-state index contributed by atoms with van der Waals surface area (Å²) in [5.74, 6) is 0.646. The highest BCUT2D eigenvalue weighted by Crippen LogP contribution is 2.17. The van der Waals surface area contributed by atoms with Crippen molar-refractivity contribution in [2.24, 2.45) is 0 Å². The lowest BCUT2D eigenvalue weighted by Gasteiger charge is -2.18. The van der Waals surface area contributed by atoms with Gasteiger partial charge in [-0.25, -0.2) is 4.98 Å². The van der Waals surface area contributed by atoms with E-state index in [1.165, 1.54) is 25.8 Å². The number of likely N-dealkylation sites (tertiary alicyclic amines) is 1. The number of nitrogens with one attached hydrogen (secondary N) is 1. The predicted molar refractivity (Wildman–Crippen MR) is 80.4 cm³/mol. The van der Waals surface area contributed by atoms with E-state index in [9.17, 15) is 0 Å². The molecule has 2 rings (SSSR count). The summed E-state index contributed by atoms with van der Waals surface area (Å²) in [6.07, 6.45) is 5.50. The quantitative estimate of drug-likeness (QED) is 0.807. The molecule has 0 bridgehead atoms. The van der Waals surface area contributed by atoms with E-state index >= 15 is 0 Å². The molecular weight excluding hydrogens is 254 g/mol. The number of methoxy groups -OCH3 is 1. The van der Waals surface area contributed by atoms with E-state index in [1.807, 2.05) is 18.3 Å². The van der Waals surface area contributed by atoms with Crippen molar-refractivity contribution in [1.29, 1.82) is 0 Å². The molecule has 1 aromatic rings. The molecule has 1 saturated heterocycles. The number of anilines is 1. The second-order valence-corrected chi connectivity index (χ2v) is 5.30. The van der Waals surface area contributed by atoms with E-state index < -0.39 is 0 Å². The maximum atomic E-state index is 5.45. The van der Waals surface area contributed by atoms with Crippen LogP contribution in [0.25, 0.3) is 0 Å². The maximum absolute atomic E-state index is 5.45. The van der Waals surface area contributed by atoms with Crippen LogP contribution in [0, 0.1) is 0 Å². The van der Waals surface area contributed by atoms with Crippen LogP contribution in [0.5, 0.6) is 5.88 Å². The molecule has 0 spiro atoms. The summed E-state index contributed by atoms with van der Waals surface area (Å²) in [6.45, 7) is 3.47. The minimum atomic E-state index is 0.533. The van der Waals surface area contributed by atoms with Gasteiger partial charge in [0.05, 0.1) is 18.5 Å². The number of rotatable bonds is 6. The third-order valence-electron chi connectivity index (χ3n) is 3.60.